The van der Waals surface area contributed by atoms with Crippen molar-refractivity contribution >= 4 is 34.5 Å². The molecule has 0 spiro atoms. The van der Waals surface area contributed by atoms with Crippen LogP contribution in [0.4, 0.5) is 4.39 Å². The van der Waals surface area contributed by atoms with Crippen LogP contribution in [-0.2, 0) is 4.79 Å². The summed E-state index contributed by atoms with van der Waals surface area (Å²) in [5, 5.41) is 13.6. The number of carbonyl (C=O) groups is 2. The molecular weight excluding hydrogens is 357 g/mol. The molecule has 0 saturated heterocycles. The predicted molar refractivity (Wildman–Crippen MR) is 98.6 cm³/mol. The van der Waals surface area contributed by atoms with E-state index in [4.69, 9.17) is 5.73 Å². The number of thioether (sulfide) groups is 1. The summed E-state index contributed by atoms with van der Waals surface area (Å²) in [6.45, 7) is 1.74. The molecule has 1 atom stereocenters. The molecule has 1 amide bonds. The number of rotatable bonds is 5. The highest BCUT2D eigenvalue weighted by atomic mass is 32.2. The summed E-state index contributed by atoms with van der Waals surface area (Å²) in [7, 11) is 0. The number of hydrogen-bond acceptors (Lipinski definition) is 4. The Morgan fingerprint density at radius 3 is 2.62 bits per heavy atom. The van der Waals surface area contributed by atoms with E-state index in [1.807, 2.05) is 0 Å². The van der Waals surface area contributed by atoms with E-state index in [0.717, 1.165) is 0 Å². The fourth-order valence-electron chi connectivity index (χ4n) is 2.95. The van der Waals surface area contributed by atoms with Crippen molar-refractivity contribution in [2.24, 2.45) is 5.73 Å². The molecular formula is C18H16FN3O3S. The van der Waals surface area contributed by atoms with Gasteiger partial charge < -0.3 is 10.8 Å². The van der Waals surface area contributed by atoms with Crippen molar-refractivity contribution in [1.82, 2.24) is 9.78 Å². The summed E-state index contributed by atoms with van der Waals surface area (Å²) >= 11 is 1.21. The molecule has 134 valence electrons. The lowest BCUT2D eigenvalue weighted by atomic mass is 10.0. The highest BCUT2D eigenvalue weighted by Crippen LogP contribution is 2.35. The van der Waals surface area contributed by atoms with Crippen molar-refractivity contribution in [3.63, 3.8) is 0 Å². The Bertz CT molecular complexity index is 1030. The topological polar surface area (TPSA) is 98.2 Å². The van der Waals surface area contributed by atoms with Gasteiger partial charge in [0.25, 0.3) is 5.91 Å². The van der Waals surface area contributed by atoms with Crippen molar-refractivity contribution in [2.75, 3.05) is 6.26 Å². The zero-order valence-corrected chi connectivity index (χ0v) is 14.9. The van der Waals surface area contributed by atoms with Crippen LogP contribution in [0.2, 0.25) is 0 Å². The van der Waals surface area contributed by atoms with Gasteiger partial charge in [-0.1, -0.05) is 12.1 Å². The Labute approximate surface area is 152 Å². The number of carboxylic acid groups (broad SMARTS) is 1. The van der Waals surface area contributed by atoms with E-state index in [9.17, 15) is 19.1 Å². The van der Waals surface area contributed by atoms with E-state index >= 15 is 0 Å². The first-order valence-corrected chi connectivity index (χ1v) is 8.96. The average Bonchev–Trinajstić information content (AvgIpc) is 2.95. The number of hydrogen-bond donors (Lipinski definition) is 2. The molecule has 3 rings (SSSR count). The zero-order valence-electron chi connectivity index (χ0n) is 14.1. The second kappa shape index (κ2) is 6.80. The molecule has 0 saturated carbocycles. The number of primary amides is 1. The van der Waals surface area contributed by atoms with Gasteiger partial charge in [-0.15, -0.1) is 11.8 Å². The fourth-order valence-corrected chi connectivity index (χ4v) is 3.54. The maximum atomic E-state index is 13.7. The van der Waals surface area contributed by atoms with Crippen molar-refractivity contribution in [3.05, 3.63) is 53.3 Å². The van der Waals surface area contributed by atoms with Gasteiger partial charge >= 0.3 is 5.97 Å². The fraction of sp³-hybridized carbons (Fsp3) is 0.167. The molecule has 3 aromatic rings. The van der Waals surface area contributed by atoms with Gasteiger partial charge in [0, 0.05) is 10.9 Å². The Balaban J connectivity index is 2.40. The molecule has 0 fully saturated rings. The molecule has 1 aromatic heterocycles. The van der Waals surface area contributed by atoms with E-state index in [0.29, 0.717) is 27.7 Å². The first kappa shape index (κ1) is 17.9. The van der Waals surface area contributed by atoms with Gasteiger partial charge in [0.1, 0.15) is 11.5 Å². The smallest absolute Gasteiger partial charge is 0.335 e. The summed E-state index contributed by atoms with van der Waals surface area (Å²) in [4.78, 5) is 23.3. The minimum atomic E-state index is -1.08. The van der Waals surface area contributed by atoms with E-state index in [2.05, 4.69) is 5.10 Å². The maximum absolute atomic E-state index is 13.7. The highest BCUT2D eigenvalue weighted by Gasteiger charge is 2.24. The zero-order chi connectivity index (χ0) is 19.0. The lowest BCUT2D eigenvalue weighted by Gasteiger charge is -2.13. The van der Waals surface area contributed by atoms with E-state index in [-0.39, 0.29) is 5.56 Å². The molecule has 1 heterocycles. The van der Waals surface area contributed by atoms with Crippen LogP contribution < -0.4 is 5.73 Å². The molecule has 1 unspecified atom stereocenters. The summed E-state index contributed by atoms with van der Waals surface area (Å²) in [6, 6.07) is 8.83. The molecule has 3 N–H and O–H groups in total. The third-order valence-electron chi connectivity index (χ3n) is 4.03. The average molecular weight is 373 g/mol. The second-order valence-corrected chi connectivity index (χ2v) is 6.71. The van der Waals surface area contributed by atoms with Crippen LogP contribution in [0.3, 0.4) is 0 Å². The van der Waals surface area contributed by atoms with Gasteiger partial charge in [0.2, 0.25) is 0 Å². The number of carboxylic acids is 1. The lowest BCUT2D eigenvalue weighted by molar-refractivity contribution is -0.118. The Kier molecular flexibility index (Phi) is 4.69. The van der Waals surface area contributed by atoms with Crippen molar-refractivity contribution in [1.29, 1.82) is 0 Å². The molecule has 0 radical (unpaired) electrons. The van der Waals surface area contributed by atoms with E-state index in [1.54, 1.807) is 25.3 Å². The van der Waals surface area contributed by atoms with Crippen LogP contribution >= 0.6 is 11.8 Å². The van der Waals surface area contributed by atoms with Gasteiger partial charge in [-0.05, 0) is 43.0 Å². The number of aromatic carboxylic acids is 1. The minimum Gasteiger partial charge on any atom is -0.478 e. The number of fused-ring (bicyclic) bond motifs is 1. The maximum Gasteiger partial charge on any atom is 0.335 e. The first-order valence-electron chi connectivity index (χ1n) is 7.67. The van der Waals surface area contributed by atoms with Gasteiger partial charge in [-0.2, -0.15) is 5.10 Å². The van der Waals surface area contributed by atoms with Crippen molar-refractivity contribution in [3.8, 4) is 11.3 Å². The lowest BCUT2D eigenvalue weighted by Crippen LogP contribution is -2.24. The number of benzene rings is 2. The number of amides is 1. The Morgan fingerprint density at radius 1 is 1.31 bits per heavy atom. The normalized spacial score (nSPS) is 12.3. The number of aromatic nitrogens is 2. The number of halogens is 1. The molecule has 0 aliphatic heterocycles. The SMILES string of the molecule is CSC(C(N)=O)n1nc(-c2cccc(F)c2)c2cc(C(=O)O)cc(C)c21. The molecule has 0 aliphatic rings. The number of carbonyl (C=O) groups excluding carboxylic acids is 1. The van der Waals surface area contributed by atoms with Gasteiger partial charge in [0.05, 0.1) is 11.1 Å². The first-order chi connectivity index (χ1) is 12.3. The van der Waals surface area contributed by atoms with Crippen LogP contribution in [0, 0.1) is 12.7 Å². The Morgan fingerprint density at radius 2 is 2.04 bits per heavy atom. The van der Waals surface area contributed by atoms with Crippen molar-refractivity contribution < 1.29 is 19.1 Å². The van der Waals surface area contributed by atoms with Crippen LogP contribution in [-0.4, -0.2) is 33.0 Å². The molecule has 0 bridgehead atoms. The van der Waals surface area contributed by atoms with Gasteiger partial charge in [-0.3, -0.25) is 4.79 Å². The molecule has 8 heteroatoms. The third-order valence-corrected chi connectivity index (χ3v) is 4.90. The van der Waals surface area contributed by atoms with Crippen molar-refractivity contribution in [2.45, 2.75) is 12.3 Å². The summed E-state index contributed by atoms with van der Waals surface area (Å²) in [5.41, 5.74) is 7.69. The molecule has 6 nitrogen and oxygen atoms in total. The van der Waals surface area contributed by atoms with Crippen LogP contribution in [0.25, 0.3) is 22.2 Å². The standard InChI is InChI=1S/C18H16FN3O3S/c1-9-6-11(18(24)25)8-13-14(10-4-3-5-12(19)7-10)21-22(15(9)13)17(26-2)16(20)23/h3-8,17H,1-2H3,(H2,20,23)(H,24,25). The molecule has 0 aliphatic carbocycles. The van der Waals surface area contributed by atoms with Crippen LogP contribution in [0.5, 0.6) is 0 Å². The second-order valence-electron chi connectivity index (χ2n) is 5.79. The molecule has 26 heavy (non-hydrogen) atoms. The number of aryl methyl sites for hydroxylation is 1. The summed E-state index contributed by atoms with van der Waals surface area (Å²) in [6.07, 6.45) is 1.73. The summed E-state index contributed by atoms with van der Waals surface area (Å²) < 4.78 is 15.2. The van der Waals surface area contributed by atoms with E-state index in [1.165, 1.54) is 40.7 Å². The minimum absolute atomic E-state index is 0.0898. The monoisotopic (exact) mass is 373 g/mol. The number of nitrogens with zero attached hydrogens (tertiary/aromatic N) is 2. The Hall–Kier alpha value is -2.87. The molecule has 2 aromatic carbocycles. The number of nitrogens with two attached hydrogens (primary N) is 1. The summed E-state index contributed by atoms with van der Waals surface area (Å²) in [5.74, 6) is -2.09. The quantitative estimate of drug-likeness (QED) is 0.716. The third kappa shape index (κ3) is 3.03. The highest BCUT2D eigenvalue weighted by molar-refractivity contribution is 7.99. The largest absolute Gasteiger partial charge is 0.478 e. The van der Waals surface area contributed by atoms with Crippen LogP contribution in [0.15, 0.2) is 36.4 Å². The van der Waals surface area contributed by atoms with Crippen LogP contribution in [0.1, 0.15) is 21.3 Å². The van der Waals surface area contributed by atoms with Gasteiger partial charge in [-0.25, -0.2) is 13.9 Å². The van der Waals surface area contributed by atoms with Gasteiger partial charge in [0.15, 0.2) is 5.37 Å². The van der Waals surface area contributed by atoms with E-state index < -0.39 is 23.1 Å². The predicted octanol–water partition coefficient (Wildman–Crippen LogP) is 3.20.